The molecule has 3 rings (SSSR count). The first-order valence-electron chi connectivity index (χ1n) is 9.64. The molecule has 1 aromatic heterocycles. The van der Waals surface area contributed by atoms with Gasteiger partial charge in [-0.3, -0.25) is 0 Å². The van der Waals surface area contributed by atoms with Gasteiger partial charge in [-0.05, 0) is 36.6 Å². The van der Waals surface area contributed by atoms with Crippen molar-refractivity contribution in [3.63, 3.8) is 0 Å². The van der Waals surface area contributed by atoms with Crippen molar-refractivity contribution in [3.05, 3.63) is 69.3 Å². The molecule has 3 aromatic rings. The van der Waals surface area contributed by atoms with Crippen LogP contribution in [0.25, 0.3) is 11.3 Å². The molecule has 1 heterocycles. The van der Waals surface area contributed by atoms with Gasteiger partial charge in [-0.25, -0.2) is 4.99 Å². The fraction of sp³-hybridized carbons (Fsp3) is 0.318. The predicted molar refractivity (Wildman–Crippen MR) is 111 cm³/mol. The molecule has 0 aliphatic carbocycles. The number of aliphatic hydroxyl groups excluding tert-OH is 1. The summed E-state index contributed by atoms with van der Waals surface area (Å²) in [6.45, 7) is 3.66. The van der Waals surface area contributed by atoms with Gasteiger partial charge in [0.05, 0.1) is 18.0 Å². The van der Waals surface area contributed by atoms with Crippen molar-refractivity contribution in [2.45, 2.75) is 38.4 Å². The number of halogens is 7. The first kappa shape index (κ1) is 25.0. The molecule has 3 nitrogen and oxygen atoms in total. The molecule has 33 heavy (non-hydrogen) atoms. The minimum Gasteiger partial charge on any atom is -0.395 e. The highest BCUT2D eigenvalue weighted by Gasteiger charge is 2.73. The van der Waals surface area contributed by atoms with Crippen molar-refractivity contribution in [2.75, 3.05) is 6.61 Å². The van der Waals surface area contributed by atoms with E-state index in [2.05, 4.69) is 4.99 Å². The maximum atomic E-state index is 14.0. The van der Waals surface area contributed by atoms with Gasteiger partial charge in [0.25, 0.3) is 0 Å². The van der Waals surface area contributed by atoms with E-state index < -0.39 is 23.6 Å². The number of aryl methyl sites for hydroxylation is 1. The van der Waals surface area contributed by atoms with Gasteiger partial charge in [-0.1, -0.05) is 36.4 Å². The molecule has 0 bridgehead atoms. The summed E-state index contributed by atoms with van der Waals surface area (Å²) in [5, 5.41) is 11.1. The van der Waals surface area contributed by atoms with Crippen molar-refractivity contribution in [1.82, 2.24) is 4.57 Å². The summed E-state index contributed by atoms with van der Waals surface area (Å²) in [4.78, 5) is 5.10. The zero-order chi connectivity index (χ0) is 24.6. The van der Waals surface area contributed by atoms with Crippen LogP contribution in [0.5, 0.6) is 0 Å². The molecule has 1 N–H and O–H groups in total. The van der Waals surface area contributed by atoms with E-state index in [-0.39, 0.29) is 18.7 Å². The number of thiazole rings is 1. The average Bonchev–Trinajstić information content (AvgIpc) is 3.13. The number of hydrogen-bond donors (Lipinski definition) is 1. The topological polar surface area (TPSA) is 37.5 Å². The minimum absolute atomic E-state index is 0.104. The Hall–Kier alpha value is -2.66. The van der Waals surface area contributed by atoms with Crippen LogP contribution in [0.15, 0.2) is 52.8 Å². The van der Waals surface area contributed by atoms with E-state index in [0.29, 0.717) is 28.3 Å². The second-order valence-electron chi connectivity index (χ2n) is 7.33. The number of nitrogens with zero attached hydrogens (tertiary/aromatic N) is 2. The number of hydrogen-bond acceptors (Lipinski definition) is 3. The molecule has 0 fully saturated rings. The third-order valence-corrected chi connectivity index (χ3v) is 6.07. The molecular weight excluding hydrogens is 473 g/mol. The van der Waals surface area contributed by atoms with E-state index in [1.807, 2.05) is 32.0 Å². The van der Waals surface area contributed by atoms with Crippen LogP contribution in [-0.2, 0) is 12.5 Å². The molecule has 0 spiro atoms. The van der Waals surface area contributed by atoms with Gasteiger partial charge in [0, 0.05) is 17.5 Å². The summed E-state index contributed by atoms with van der Waals surface area (Å²) in [5.74, 6) is -11.7. The van der Waals surface area contributed by atoms with Gasteiger partial charge in [-0.15, -0.1) is 11.3 Å². The third kappa shape index (κ3) is 4.56. The van der Waals surface area contributed by atoms with Crippen LogP contribution < -0.4 is 4.80 Å². The normalized spacial score (nSPS) is 13.6. The zero-order valence-corrected chi connectivity index (χ0v) is 18.2. The molecule has 178 valence electrons. The van der Waals surface area contributed by atoms with Gasteiger partial charge in [0.2, 0.25) is 0 Å². The Balaban J connectivity index is 2.05. The van der Waals surface area contributed by atoms with E-state index in [4.69, 9.17) is 0 Å². The molecular formula is C22H19F7N2OS. The first-order chi connectivity index (χ1) is 15.3. The Morgan fingerprint density at radius 2 is 1.58 bits per heavy atom. The largest absolute Gasteiger partial charge is 0.460 e. The number of alkyl halides is 7. The second-order valence-corrected chi connectivity index (χ2v) is 8.17. The average molecular weight is 492 g/mol. The van der Waals surface area contributed by atoms with Gasteiger partial charge >= 0.3 is 18.0 Å². The van der Waals surface area contributed by atoms with Crippen LogP contribution in [0.2, 0.25) is 0 Å². The van der Waals surface area contributed by atoms with Crippen LogP contribution in [0, 0.1) is 13.8 Å². The van der Waals surface area contributed by atoms with Gasteiger partial charge in [0.1, 0.15) is 0 Å². The summed E-state index contributed by atoms with van der Waals surface area (Å²) in [5.41, 5.74) is 1.93. The monoisotopic (exact) mass is 492 g/mol. The van der Waals surface area contributed by atoms with Crippen LogP contribution >= 0.6 is 11.3 Å². The van der Waals surface area contributed by atoms with Crippen LogP contribution in [0.4, 0.5) is 36.4 Å². The zero-order valence-electron chi connectivity index (χ0n) is 17.4. The van der Waals surface area contributed by atoms with Gasteiger partial charge in [0.15, 0.2) is 4.80 Å². The maximum absolute atomic E-state index is 14.0. The lowest BCUT2D eigenvalue weighted by atomic mass is 9.99. The van der Waals surface area contributed by atoms with Gasteiger partial charge in [-0.2, -0.15) is 30.7 Å². The second kappa shape index (κ2) is 8.94. The van der Waals surface area contributed by atoms with Gasteiger partial charge < -0.3 is 9.67 Å². The van der Waals surface area contributed by atoms with E-state index >= 15 is 0 Å². The van der Waals surface area contributed by atoms with Crippen LogP contribution in [0.3, 0.4) is 0 Å². The van der Waals surface area contributed by atoms with Crippen molar-refractivity contribution in [1.29, 1.82) is 0 Å². The third-order valence-electron chi connectivity index (χ3n) is 5.21. The standard InChI is InChI=1S/C22H19F7N2OS/c1-13-4-3-5-17(14(13)2)30-19-31(10-11-32)18(12-33-19)15-6-8-16(9-7-15)20(23,24)21(25,26)22(27,28)29/h3-9,12,32H,10-11H2,1-2H3. The maximum Gasteiger partial charge on any atom is 0.460 e. The smallest absolute Gasteiger partial charge is 0.395 e. The SMILES string of the molecule is Cc1cccc(N=c2scc(-c3ccc(C(F)(F)C(F)(F)C(F)(F)F)cc3)n2CCO)c1C. The number of aromatic nitrogens is 1. The Labute approximate surface area is 188 Å². The Morgan fingerprint density at radius 1 is 0.939 bits per heavy atom. The van der Waals surface area contributed by atoms with E-state index in [1.54, 1.807) is 9.95 Å². The highest BCUT2D eigenvalue weighted by Crippen LogP contribution is 2.51. The molecule has 0 atom stereocenters. The quantitative estimate of drug-likeness (QED) is 0.400. The molecule has 0 radical (unpaired) electrons. The summed E-state index contributed by atoms with van der Waals surface area (Å²) in [6.07, 6.45) is -6.41. The van der Waals surface area contributed by atoms with E-state index in [0.717, 1.165) is 23.3 Å². The molecule has 0 saturated heterocycles. The minimum atomic E-state index is -6.41. The number of rotatable bonds is 6. The van der Waals surface area contributed by atoms with Crippen molar-refractivity contribution in [3.8, 4) is 11.3 Å². The summed E-state index contributed by atoms with van der Waals surface area (Å²) in [7, 11) is 0. The van der Waals surface area contributed by atoms with E-state index in [1.165, 1.54) is 11.3 Å². The van der Waals surface area contributed by atoms with Crippen molar-refractivity contribution >= 4 is 17.0 Å². The highest BCUT2D eigenvalue weighted by molar-refractivity contribution is 7.07. The van der Waals surface area contributed by atoms with E-state index in [9.17, 15) is 35.8 Å². The lowest BCUT2D eigenvalue weighted by Crippen LogP contribution is -2.49. The predicted octanol–water partition coefficient (Wildman–Crippen LogP) is 6.35. The molecule has 11 heteroatoms. The lowest BCUT2D eigenvalue weighted by Gasteiger charge is -2.28. The molecule has 2 aromatic carbocycles. The summed E-state index contributed by atoms with van der Waals surface area (Å²) >= 11 is 1.21. The molecule has 0 unspecified atom stereocenters. The fourth-order valence-corrected chi connectivity index (χ4v) is 4.08. The Morgan fingerprint density at radius 3 is 2.15 bits per heavy atom. The van der Waals surface area contributed by atoms with Crippen LogP contribution in [0.1, 0.15) is 16.7 Å². The van der Waals surface area contributed by atoms with Crippen molar-refractivity contribution < 1.29 is 35.8 Å². The first-order valence-corrected chi connectivity index (χ1v) is 10.5. The summed E-state index contributed by atoms with van der Waals surface area (Å²) < 4.78 is 93.6. The highest BCUT2D eigenvalue weighted by atomic mass is 32.1. The number of aliphatic hydroxyl groups is 1. The molecule has 0 amide bonds. The molecule has 0 aliphatic heterocycles. The van der Waals surface area contributed by atoms with Crippen LogP contribution in [-0.4, -0.2) is 28.4 Å². The Kier molecular flexibility index (Phi) is 6.77. The summed E-state index contributed by atoms with van der Waals surface area (Å²) in [6, 6.07) is 8.72. The fourth-order valence-electron chi connectivity index (χ4n) is 3.13. The Bertz CT molecular complexity index is 1190. The van der Waals surface area contributed by atoms with Crippen molar-refractivity contribution in [2.24, 2.45) is 4.99 Å². The molecule has 0 aliphatic rings. The lowest BCUT2D eigenvalue weighted by molar-refractivity contribution is -0.359. The number of benzene rings is 2. The molecule has 0 saturated carbocycles.